The van der Waals surface area contributed by atoms with Crippen molar-refractivity contribution in [3.8, 4) is 0 Å². The van der Waals surface area contributed by atoms with Crippen molar-refractivity contribution < 1.29 is 98.2 Å². The summed E-state index contributed by atoms with van der Waals surface area (Å²) in [6.07, 6.45) is 25.9. The molecule has 12 bridgehead atoms. The number of hydrogen-bond donors (Lipinski definition) is 3. The van der Waals surface area contributed by atoms with Gasteiger partial charge in [0.15, 0.2) is 11.6 Å². The fraction of sp³-hybridized carbons (Fsp3) is 0.800. The molecule has 10 saturated carbocycles. The van der Waals surface area contributed by atoms with Gasteiger partial charge in [-0.15, -0.1) is 13.2 Å². The molecule has 504 valence electrons. The van der Waals surface area contributed by atoms with Crippen LogP contribution in [0.4, 0.5) is 0 Å². The third kappa shape index (κ3) is 12.1. The first kappa shape index (κ1) is 84.8. The summed E-state index contributed by atoms with van der Waals surface area (Å²) in [4.78, 5) is 59.5. The summed E-state index contributed by atoms with van der Waals surface area (Å²) >= 11 is 1.76. The molecule has 0 aromatic rings. The number of fused-ring (bicyclic) bond motifs is 14. The van der Waals surface area contributed by atoms with Crippen LogP contribution in [0, 0.1) is 107 Å². The van der Waals surface area contributed by atoms with Gasteiger partial charge in [0.05, 0.1) is 6.10 Å². The summed E-state index contributed by atoms with van der Waals surface area (Å²) in [6.45, 7) is 54.4. The van der Waals surface area contributed by atoms with Gasteiger partial charge in [-0.05, 0) is 207 Å². The first-order valence-electron chi connectivity index (χ1n) is 33.5. The van der Waals surface area contributed by atoms with Crippen molar-refractivity contribution in [2.75, 3.05) is 0 Å². The van der Waals surface area contributed by atoms with Crippen LogP contribution in [-0.4, -0.2) is 99.4 Å². The quantitative estimate of drug-likeness (QED) is 0.105. The van der Waals surface area contributed by atoms with E-state index >= 15 is 0 Å². The summed E-state index contributed by atoms with van der Waals surface area (Å²) in [5.74, 6) is 3.84. The van der Waals surface area contributed by atoms with Crippen LogP contribution in [0.5, 0.6) is 0 Å². The molecule has 0 amide bonds. The Morgan fingerprint density at radius 3 is 1.40 bits per heavy atom. The smallest absolute Gasteiger partial charge is 1.00 e. The Labute approximate surface area is 609 Å². The molecule has 0 aromatic carbocycles. The van der Waals surface area contributed by atoms with Gasteiger partial charge in [0.25, 0.3) is 0 Å². The molecule has 0 heterocycles. The average Bonchev–Trinajstić information content (AvgIpc) is 1.50. The topological polar surface area (TPSA) is 203 Å². The third-order valence-corrected chi connectivity index (χ3v) is 31.0. The molecular weight excluding hydrogens is 1320 g/mol. The summed E-state index contributed by atoms with van der Waals surface area (Å²) in [6, 6.07) is 0. The Morgan fingerprint density at radius 2 is 1.01 bits per heavy atom. The van der Waals surface area contributed by atoms with E-state index in [4.69, 9.17) is 12.3 Å². The van der Waals surface area contributed by atoms with Crippen LogP contribution in [0.15, 0.2) is 54.2 Å². The monoisotopic (exact) mass is 1430 g/mol. The van der Waals surface area contributed by atoms with Crippen LogP contribution in [0.25, 0.3) is 0 Å². The van der Waals surface area contributed by atoms with E-state index in [1.54, 1.807) is 17.7 Å². The minimum atomic E-state index is -1.62. The van der Waals surface area contributed by atoms with Gasteiger partial charge in [0.1, 0.15) is 17.0 Å². The molecule has 14 aliphatic carbocycles. The molecule has 3 N–H and O–H groups in total. The summed E-state index contributed by atoms with van der Waals surface area (Å²) < 4.78 is 24.6. The molecule has 11 nitrogen and oxygen atoms in total. The number of ketones is 5. The molecule has 0 saturated heterocycles. The molecule has 0 radical (unpaired) electrons. The second kappa shape index (κ2) is 29.0. The van der Waals surface area contributed by atoms with Crippen molar-refractivity contribution in [1.82, 2.24) is 0 Å². The number of Topliss-reactive ketones (excluding diaryl/α,β-unsaturated/α-hetero) is 5. The predicted molar refractivity (Wildman–Crippen MR) is 353 cm³/mol. The third-order valence-electron chi connectivity index (χ3n) is 31.0. The van der Waals surface area contributed by atoms with Gasteiger partial charge in [-0.1, -0.05) is 148 Å². The van der Waals surface area contributed by atoms with Crippen molar-refractivity contribution in [3.05, 3.63) is 60.8 Å². The SMILES string of the molecule is C=CCC1(O)C(O)(C=C)C2CCC1(C)C2(C)C.CC1(C)C2CCC1(C)C(O)C2.CC12CCC(C(=O)C1=O)C2(C)C.CC12CCC(C(=O)C3=C1CCC3)C2(C)C.CC12CCC(C3=C(CCC3)C1=O)C2(C)C.CC12CCC(CC1=O)C2(C)C.O=[Se]=O.[Br-].[CH-]=C.[Mg+2].[Na+].[O-]Cl. The Hall–Kier alpha value is -0.454. The Kier molecular flexibility index (Phi) is 27.0. The number of allylic oxidation sites excluding steroid dienone is 4. The van der Waals surface area contributed by atoms with Gasteiger partial charge in [-0.3, -0.25) is 30.6 Å². The van der Waals surface area contributed by atoms with E-state index in [-0.39, 0.29) is 153 Å². The van der Waals surface area contributed by atoms with Crippen LogP contribution in [0.2, 0.25) is 0 Å². The number of hydrogen-bond acceptors (Lipinski definition) is 11. The zero-order chi connectivity index (χ0) is 67.2. The Bertz CT molecular complexity index is 2910. The largest absolute Gasteiger partial charge is 2.00 e. The average molecular weight is 1430 g/mol. The second-order valence-corrected chi connectivity index (χ2v) is 34.4. The minimum absolute atomic E-state index is 0. The van der Waals surface area contributed by atoms with Crippen LogP contribution in [-0.2, 0) is 31.6 Å². The minimum Gasteiger partial charge on any atom is -1.00 e. The standard InChI is InChI=1S/C15H24O2.2C14H20O.C10H14O2.C10H18O.C10H16O.C2H3.BrH.ClO.Mg.Na.O2Se/c1-6-9-15(17)13(5)10-8-11(12(13,3)4)14(15,16)7-2;1-13(2)11-7-8-14(13,3)10-6-4-5-9(10)12(11)15;1-13(2)11-7-8-14(13,3)12(15)10-6-4-5-9(10)11;1-9(2)6-4-5-10(9,3)8(12)7(6)11;2*1-9(2)7-4-5-10(9,3)8(11)6-7;1-2;;1-2;;;1-3-2/h6-7,11,16-17H,1-2,8-10H2,3-5H3;2*11H,4-8H2,1-3H3;6H,4-5H2,1-3H3;7-8,11H,4-6H2,1-3H3;7H,4-6H2,1-3H3;1H,2H2;1H;;;;/q;;;;;;-1;;-1;+2;+1;/p-1. The van der Waals surface area contributed by atoms with E-state index in [0.717, 1.165) is 76.5 Å². The molecule has 14 aliphatic rings. The number of halogens is 2. The molecule has 14 rings (SSSR count). The first-order chi connectivity index (χ1) is 40.5. The van der Waals surface area contributed by atoms with Crippen molar-refractivity contribution in [1.29, 1.82) is 0 Å². The summed E-state index contributed by atoms with van der Waals surface area (Å²) in [5, 5.41) is 31.8. The number of aliphatic hydroxyl groups excluding tert-OH is 1. The van der Waals surface area contributed by atoms with Gasteiger partial charge in [0, 0.05) is 39.9 Å². The van der Waals surface area contributed by atoms with Crippen LogP contribution in [0.3, 0.4) is 0 Å². The van der Waals surface area contributed by atoms with Crippen molar-refractivity contribution >= 4 is 78.7 Å². The van der Waals surface area contributed by atoms with Crippen LogP contribution >= 0.6 is 11.9 Å². The molecule has 16 heteroatoms. The molecule has 0 aliphatic heterocycles. The van der Waals surface area contributed by atoms with Crippen LogP contribution < -0.4 is 51.2 Å². The summed E-state index contributed by atoms with van der Waals surface area (Å²) in [7, 11) is 0. The van der Waals surface area contributed by atoms with E-state index < -0.39 is 26.0 Å². The van der Waals surface area contributed by atoms with Crippen LogP contribution in [0.1, 0.15) is 259 Å². The maximum Gasteiger partial charge on any atom is 2.00 e. The van der Waals surface area contributed by atoms with E-state index in [1.165, 1.54) is 74.5 Å². The van der Waals surface area contributed by atoms with Gasteiger partial charge >= 0.3 is 75.1 Å². The van der Waals surface area contributed by atoms with Gasteiger partial charge < -0.3 is 43.5 Å². The van der Waals surface area contributed by atoms with Crippen molar-refractivity contribution in [2.24, 2.45) is 100 Å². The second-order valence-electron chi connectivity index (χ2n) is 34.1. The molecular formula is C75H115BrClMgNaO11Se. The molecule has 0 spiro atoms. The zero-order valence-corrected chi connectivity index (χ0v) is 67.2. The number of aliphatic hydroxyl groups is 3. The van der Waals surface area contributed by atoms with E-state index in [9.17, 15) is 39.3 Å². The Morgan fingerprint density at radius 1 is 0.560 bits per heavy atom. The fourth-order valence-electron chi connectivity index (χ4n) is 22.1. The van der Waals surface area contributed by atoms with E-state index in [0.29, 0.717) is 52.4 Å². The Balaban J connectivity index is 0.000000279. The molecule has 15 unspecified atom stereocenters. The molecule has 15 atom stereocenters. The molecule has 0 aromatic heterocycles. The van der Waals surface area contributed by atoms with Crippen molar-refractivity contribution in [3.63, 3.8) is 0 Å². The van der Waals surface area contributed by atoms with Gasteiger partial charge in [-0.2, -0.15) is 0 Å². The van der Waals surface area contributed by atoms with Gasteiger partial charge in [0.2, 0.25) is 11.6 Å². The van der Waals surface area contributed by atoms with E-state index in [2.05, 4.69) is 142 Å². The molecule has 10 fully saturated rings. The maximum absolute atomic E-state index is 12.5. The van der Waals surface area contributed by atoms with E-state index in [1.807, 2.05) is 20.8 Å². The zero-order valence-electron chi connectivity index (χ0n) is 59.7. The number of carbonyl (C=O) groups excluding carboxylic acids is 5. The number of rotatable bonds is 3. The number of carbonyl (C=O) groups is 5. The first-order valence-corrected chi connectivity index (χ1v) is 35.2. The fourth-order valence-corrected chi connectivity index (χ4v) is 22.1. The van der Waals surface area contributed by atoms with Crippen molar-refractivity contribution in [2.45, 2.75) is 277 Å². The summed E-state index contributed by atoms with van der Waals surface area (Å²) in [5.41, 5.74) is 3.97. The predicted octanol–water partition coefficient (Wildman–Crippen LogP) is 8.94. The normalized spacial score (nSPS) is 41.7. The van der Waals surface area contributed by atoms with Gasteiger partial charge in [-0.25, -0.2) is 11.9 Å². The molecule has 91 heavy (non-hydrogen) atoms. The maximum atomic E-state index is 12.5.